The van der Waals surface area contributed by atoms with Crippen molar-refractivity contribution in [2.24, 2.45) is 11.1 Å². The van der Waals surface area contributed by atoms with Gasteiger partial charge in [0.2, 0.25) is 17.8 Å². The van der Waals surface area contributed by atoms with Crippen molar-refractivity contribution in [2.75, 3.05) is 10.6 Å². The summed E-state index contributed by atoms with van der Waals surface area (Å²) in [5.74, 6) is -0.246. The number of hydrogen-bond donors (Lipinski definition) is 4. The van der Waals surface area contributed by atoms with Crippen LogP contribution in [0.5, 0.6) is 0 Å². The molecule has 1 amide bonds. The number of nitrogens with two attached hydrogens (primary N) is 1. The number of fused-ring (bicyclic) bond motifs is 1. The zero-order valence-electron chi connectivity index (χ0n) is 21.0. The highest BCUT2D eigenvalue weighted by atomic mass is 35.5. The molecule has 38 heavy (non-hydrogen) atoms. The van der Waals surface area contributed by atoms with Crippen molar-refractivity contribution in [2.45, 2.75) is 76.5 Å². The molecule has 0 radical (unpaired) electrons. The summed E-state index contributed by atoms with van der Waals surface area (Å²) in [4.78, 5) is 25.9. The average molecular weight is 541 g/mol. The second kappa shape index (κ2) is 10.3. The molecule has 2 fully saturated rings. The quantitative estimate of drug-likeness (QED) is 0.355. The van der Waals surface area contributed by atoms with Crippen molar-refractivity contribution >= 4 is 46.3 Å². The van der Waals surface area contributed by atoms with Crippen molar-refractivity contribution in [1.82, 2.24) is 19.5 Å². The summed E-state index contributed by atoms with van der Waals surface area (Å²) in [6.07, 6.45) is 6.98. The molecule has 2 aliphatic carbocycles. The Morgan fingerprint density at radius 2 is 2.05 bits per heavy atom. The summed E-state index contributed by atoms with van der Waals surface area (Å²) in [5, 5.41) is 25.6. The van der Waals surface area contributed by atoms with Gasteiger partial charge in [-0.25, -0.2) is 14.4 Å². The Hall–Kier alpha value is -3.49. The zero-order valence-corrected chi connectivity index (χ0v) is 21.8. The van der Waals surface area contributed by atoms with E-state index in [1.807, 2.05) is 17.6 Å². The standard InChI is InChI=1S/C26H30ClFN8O2/c1-26(23(30)38)7-5-16(6-8-26)36-22-20(13-31-24(35-22)32-15-3-2-4-17(37)11-15)33-25(36)34-21-18(27)9-14(12-29)10-19(21)28/h9-10,13,15-17,37H,2-8,11H2,1H3,(H2,30,38)(H,33,34)(H,31,32,35)/t15?,16?,17-,26?/m1/s1. The number of hydrogen-bond acceptors (Lipinski definition) is 8. The minimum absolute atomic E-state index is 0.00232. The van der Waals surface area contributed by atoms with Crippen LogP contribution in [-0.2, 0) is 4.79 Å². The first-order valence-corrected chi connectivity index (χ1v) is 13.2. The Labute approximate surface area is 224 Å². The minimum Gasteiger partial charge on any atom is -0.393 e. The van der Waals surface area contributed by atoms with Gasteiger partial charge in [0.1, 0.15) is 11.3 Å². The number of nitrogens with one attached hydrogen (secondary N) is 2. The molecule has 2 heterocycles. The lowest BCUT2D eigenvalue weighted by atomic mass is 9.73. The number of anilines is 3. The molecule has 0 saturated heterocycles. The Balaban J connectivity index is 1.53. The zero-order chi connectivity index (χ0) is 27.0. The SMILES string of the molecule is CC1(C(N)=O)CCC(n2c(Nc3c(F)cc(C#N)cc3Cl)nc3cnc(NC4CCC[C@@H](O)C4)nc32)CC1. The largest absolute Gasteiger partial charge is 0.393 e. The summed E-state index contributed by atoms with van der Waals surface area (Å²) >= 11 is 6.32. The van der Waals surface area contributed by atoms with Crippen molar-refractivity contribution in [3.8, 4) is 6.07 Å². The molecule has 2 aliphatic rings. The number of halogens is 2. The molecule has 10 nitrogen and oxygen atoms in total. The molecule has 3 aromatic rings. The van der Waals surface area contributed by atoms with E-state index in [1.54, 1.807) is 6.20 Å². The van der Waals surface area contributed by atoms with Crippen LogP contribution < -0.4 is 16.4 Å². The van der Waals surface area contributed by atoms with Crippen LogP contribution in [0.15, 0.2) is 18.3 Å². The summed E-state index contributed by atoms with van der Waals surface area (Å²) in [6, 6.07) is 4.36. The first-order chi connectivity index (χ1) is 18.2. The molecular weight excluding hydrogens is 511 g/mol. The van der Waals surface area contributed by atoms with Gasteiger partial charge in [0.15, 0.2) is 5.65 Å². The number of carbonyl (C=O) groups is 1. The molecule has 2 atom stereocenters. The van der Waals surface area contributed by atoms with Gasteiger partial charge in [-0.2, -0.15) is 10.2 Å². The van der Waals surface area contributed by atoms with E-state index in [9.17, 15) is 14.3 Å². The van der Waals surface area contributed by atoms with Gasteiger partial charge in [0, 0.05) is 17.5 Å². The number of benzene rings is 1. The number of rotatable bonds is 6. The molecule has 12 heteroatoms. The smallest absolute Gasteiger partial charge is 0.224 e. The third-order valence-electron chi connectivity index (χ3n) is 7.84. The molecule has 1 aromatic carbocycles. The number of carbonyl (C=O) groups excluding carboxylic acids is 1. The molecule has 2 saturated carbocycles. The monoisotopic (exact) mass is 540 g/mol. The second-order valence-electron chi connectivity index (χ2n) is 10.6. The molecular formula is C26H30ClFN8O2. The van der Waals surface area contributed by atoms with Gasteiger partial charge in [0.25, 0.3) is 0 Å². The number of aliphatic hydroxyl groups is 1. The average Bonchev–Trinajstić information content (AvgIpc) is 3.23. The fraction of sp³-hybridized carbons (Fsp3) is 0.500. The molecule has 2 aromatic heterocycles. The number of imidazole rings is 1. The van der Waals surface area contributed by atoms with Gasteiger partial charge in [-0.3, -0.25) is 9.36 Å². The molecule has 200 valence electrons. The molecule has 5 N–H and O–H groups in total. The lowest BCUT2D eigenvalue weighted by Crippen LogP contribution is -2.38. The fourth-order valence-corrected chi connectivity index (χ4v) is 5.74. The maximum atomic E-state index is 14.9. The van der Waals surface area contributed by atoms with Crippen LogP contribution in [0.3, 0.4) is 0 Å². The summed E-state index contributed by atoms with van der Waals surface area (Å²) in [7, 11) is 0. The predicted molar refractivity (Wildman–Crippen MR) is 141 cm³/mol. The molecule has 1 unspecified atom stereocenters. The Bertz CT molecular complexity index is 1390. The van der Waals surface area contributed by atoms with Crippen molar-refractivity contribution < 1.29 is 14.3 Å². The lowest BCUT2D eigenvalue weighted by Gasteiger charge is -2.35. The maximum Gasteiger partial charge on any atom is 0.224 e. The van der Waals surface area contributed by atoms with Gasteiger partial charge in [0.05, 0.1) is 34.6 Å². The first-order valence-electron chi connectivity index (χ1n) is 12.8. The van der Waals surface area contributed by atoms with Crippen LogP contribution in [-0.4, -0.2) is 42.7 Å². The number of amides is 1. The van der Waals surface area contributed by atoms with E-state index < -0.39 is 11.2 Å². The summed E-state index contributed by atoms with van der Waals surface area (Å²) < 4.78 is 16.8. The second-order valence-corrected chi connectivity index (χ2v) is 11.0. The van der Waals surface area contributed by atoms with E-state index in [0.717, 1.165) is 25.3 Å². The summed E-state index contributed by atoms with van der Waals surface area (Å²) in [6.45, 7) is 1.88. The van der Waals surface area contributed by atoms with Crippen LogP contribution in [0, 0.1) is 22.6 Å². The highest BCUT2D eigenvalue weighted by Crippen LogP contribution is 2.43. The topological polar surface area (TPSA) is 155 Å². The van der Waals surface area contributed by atoms with E-state index in [1.165, 1.54) is 6.07 Å². The Morgan fingerprint density at radius 3 is 2.71 bits per heavy atom. The Morgan fingerprint density at radius 1 is 1.29 bits per heavy atom. The van der Waals surface area contributed by atoms with Crippen LogP contribution >= 0.6 is 11.6 Å². The van der Waals surface area contributed by atoms with Crippen LogP contribution in [0.1, 0.15) is 69.9 Å². The number of primary amides is 1. The van der Waals surface area contributed by atoms with Crippen LogP contribution in [0.4, 0.5) is 22.0 Å². The first kappa shape index (κ1) is 26.1. The van der Waals surface area contributed by atoms with Gasteiger partial charge < -0.3 is 21.5 Å². The lowest BCUT2D eigenvalue weighted by molar-refractivity contribution is -0.128. The minimum atomic E-state index is -0.679. The van der Waals surface area contributed by atoms with E-state index in [4.69, 9.17) is 27.6 Å². The van der Waals surface area contributed by atoms with Crippen molar-refractivity contribution in [3.63, 3.8) is 0 Å². The predicted octanol–water partition coefficient (Wildman–Crippen LogP) is 4.56. The number of nitrogens with zero attached hydrogens (tertiary/aromatic N) is 5. The van der Waals surface area contributed by atoms with E-state index in [2.05, 4.69) is 20.6 Å². The normalized spacial score (nSPS) is 25.6. The third kappa shape index (κ3) is 5.11. The van der Waals surface area contributed by atoms with E-state index in [-0.39, 0.29) is 40.4 Å². The summed E-state index contributed by atoms with van der Waals surface area (Å²) in [5.41, 5.74) is 6.25. The number of aromatic nitrogens is 4. The highest BCUT2D eigenvalue weighted by molar-refractivity contribution is 6.33. The van der Waals surface area contributed by atoms with Crippen molar-refractivity contribution in [3.05, 3.63) is 34.7 Å². The number of aliphatic hydroxyl groups excluding tert-OH is 1. The Kier molecular flexibility index (Phi) is 7.11. The fourth-order valence-electron chi connectivity index (χ4n) is 5.49. The molecule has 0 spiro atoms. The molecule has 0 aliphatic heterocycles. The van der Waals surface area contributed by atoms with Crippen molar-refractivity contribution in [1.29, 1.82) is 5.26 Å². The third-order valence-corrected chi connectivity index (χ3v) is 8.14. The maximum absolute atomic E-state index is 14.9. The van der Waals surface area contributed by atoms with Gasteiger partial charge in [-0.1, -0.05) is 18.5 Å². The molecule has 0 bridgehead atoms. The van der Waals surface area contributed by atoms with E-state index in [0.29, 0.717) is 55.2 Å². The van der Waals surface area contributed by atoms with Gasteiger partial charge in [-0.05, 0) is 63.5 Å². The van der Waals surface area contributed by atoms with Crippen LogP contribution in [0.25, 0.3) is 11.2 Å². The number of nitriles is 1. The van der Waals surface area contributed by atoms with Gasteiger partial charge >= 0.3 is 0 Å². The van der Waals surface area contributed by atoms with Crippen LogP contribution in [0.2, 0.25) is 5.02 Å². The molecule has 5 rings (SSSR count). The van der Waals surface area contributed by atoms with E-state index >= 15 is 0 Å². The van der Waals surface area contributed by atoms with Gasteiger partial charge in [-0.15, -0.1) is 0 Å². The highest BCUT2D eigenvalue weighted by Gasteiger charge is 2.38.